The van der Waals surface area contributed by atoms with Gasteiger partial charge < -0.3 is 10.4 Å². The molecule has 0 saturated heterocycles. The van der Waals surface area contributed by atoms with Gasteiger partial charge in [-0.05, 0) is 61.8 Å². The Balaban J connectivity index is 1.67. The number of hydrogen-bond acceptors (Lipinski definition) is 2. The van der Waals surface area contributed by atoms with E-state index in [1.807, 2.05) is 0 Å². The molecule has 1 aromatic rings. The average molecular weight is 310 g/mol. The Kier molecular flexibility index (Phi) is 3.73. The summed E-state index contributed by atoms with van der Waals surface area (Å²) in [5, 5.41) is 13.3. The van der Waals surface area contributed by atoms with E-state index in [1.165, 1.54) is 28.4 Å². The number of aliphatic hydroxyl groups is 1. The molecule has 1 fully saturated rings. The van der Waals surface area contributed by atoms with Crippen LogP contribution >= 0.6 is 15.9 Å². The molecule has 0 heterocycles. The SMILES string of the molecule is OC1CCC(NC2CCc3ccc(Br)cc32)CC1. The molecule has 2 nitrogen and oxygen atoms in total. The van der Waals surface area contributed by atoms with Crippen molar-refractivity contribution < 1.29 is 5.11 Å². The Bertz CT molecular complexity index is 427. The molecular formula is C15H20BrNO. The fourth-order valence-corrected chi connectivity index (χ4v) is 3.65. The van der Waals surface area contributed by atoms with E-state index in [9.17, 15) is 5.11 Å². The summed E-state index contributed by atoms with van der Waals surface area (Å²) in [5.41, 5.74) is 2.96. The van der Waals surface area contributed by atoms with E-state index < -0.39 is 0 Å². The first-order valence-corrected chi connectivity index (χ1v) is 7.74. The standard InChI is InChI=1S/C15H20BrNO/c16-11-3-1-10-2-8-15(14(10)9-11)17-12-4-6-13(18)7-5-12/h1,3,9,12-13,15,17-18H,2,4-8H2. The number of hydrogen-bond donors (Lipinski definition) is 2. The van der Waals surface area contributed by atoms with Crippen LogP contribution in [0.2, 0.25) is 0 Å². The summed E-state index contributed by atoms with van der Waals surface area (Å²) in [5.74, 6) is 0. The summed E-state index contributed by atoms with van der Waals surface area (Å²) >= 11 is 3.56. The predicted molar refractivity (Wildman–Crippen MR) is 76.6 cm³/mol. The van der Waals surface area contributed by atoms with E-state index in [0.717, 1.165) is 25.7 Å². The lowest BCUT2D eigenvalue weighted by atomic mass is 9.92. The van der Waals surface area contributed by atoms with Gasteiger partial charge in [0, 0.05) is 16.6 Å². The van der Waals surface area contributed by atoms with E-state index in [-0.39, 0.29) is 6.10 Å². The van der Waals surface area contributed by atoms with Crippen LogP contribution in [0.3, 0.4) is 0 Å². The topological polar surface area (TPSA) is 32.3 Å². The molecule has 1 saturated carbocycles. The number of halogens is 1. The molecule has 3 rings (SSSR count). The highest BCUT2D eigenvalue weighted by Gasteiger charge is 2.27. The largest absolute Gasteiger partial charge is 0.393 e. The number of aliphatic hydroxyl groups excluding tert-OH is 1. The van der Waals surface area contributed by atoms with Gasteiger partial charge in [0.1, 0.15) is 0 Å². The smallest absolute Gasteiger partial charge is 0.0541 e. The van der Waals surface area contributed by atoms with Crippen LogP contribution in [-0.4, -0.2) is 17.3 Å². The first-order valence-electron chi connectivity index (χ1n) is 6.95. The zero-order valence-electron chi connectivity index (χ0n) is 10.5. The maximum Gasteiger partial charge on any atom is 0.0541 e. The van der Waals surface area contributed by atoms with Gasteiger partial charge in [0.15, 0.2) is 0 Å². The fraction of sp³-hybridized carbons (Fsp3) is 0.600. The zero-order chi connectivity index (χ0) is 12.5. The molecule has 0 bridgehead atoms. The second kappa shape index (κ2) is 5.32. The van der Waals surface area contributed by atoms with E-state index in [0.29, 0.717) is 12.1 Å². The Morgan fingerprint density at radius 2 is 1.89 bits per heavy atom. The van der Waals surface area contributed by atoms with Crippen molar-refractivity contribution >= 4 is 15.9 Å². The molecule has 1 aromatic carbocycles. The van der Waals surface area contributed by atoms with Crippen molar-refractivity contribution in [2.45, 2.75) is 56.7 Å². The lowest BCUT2D eigenvalue weighted by Gasteiger charge is -2.29. The molecule has 0 aliphatic heterocycles. The highest BCUT2D eigenvalue weighted by atomic mass is 79.9. The van der Waals surface area contributed by atoms with Gasteiger partial charge in [-0.25, -0.2) is 0 Å². The third-order valence-electron chi connectivity index (χ3n) is 4.32. The van der Waals surface area contributed by atoms with Crippen LogP contribution in [0.25, 0.3) is 0 Å². The third kappa shape index (κ3) is 2.63. The Morgan fingerprint density at radius 1 is 1.11 bits per heavy atom. The minimum absolute atomic E-state index is 0.0620. The van der Waals surface area contributed by atoms with Crippen molar-refractivity contribution in [3.05, 3.63) is 33.8 Å². The second-order valence-corrected chi connectivity index (χ2v) is 6.52. The summed E-state index contributed by atoms with van der Waals surface area (Å²) in [6, 6.07) is 7.74. The average Bonchev–Trinajstić information content (AvgIpc) is 2.75. The number of aryl methyl sites for hydroxylation is 1. The van der Waals surface area contributed by atoms with Crippen molar-refractivity contribution in [3.63, 3.8) is 0 Å². The summed E-state index contributed by atoms with van der Waals surface area (Å²) in [4.78, 5) is 0. The van der Waals surface area contributed by atoms with Gasteiger partial charge >= 0.3 is 0 Å². The van der Waals surface area contributed by atoms with Crippen LogP contribution in [0.4, 0.5) is 0 Å². The molecule has 18 heavy (non-hydrogen) atoms. The molecule has 2 aliphatic rings. The van der Waals surface area contributed by atoms with Crippen molar-refractivity contribution in [1.82, 2.24) is 5.32 Å². The number of rotatable bonds is 2. The van der Waals surface area contributed by atoms with Gasteiger partial charge in [0.2, 0.25) is 0 Å². The molecule has 0 amide bonds. The van der Waals surface area contributed by atoms with Crippen LogP contribution in [0.5, 0.6) is 0 Å². The lowest BCUT2D eigenvalue weighted by Crippen LogP contribution is -2.36. The zero-order valence-corrected chi connectivity index (χ0v) is 12.1. The van der Waals surface area contributed by atoms with Crippen LogP contribution in [0, 0.1) is 0 Å². The van der Waals surface area contributed by atoms with Gasteiger partial charge in [-0.15, -0.1) is 0 Å². The van der Waals surface area contributed by atoms with E-state index >= 15 is 0 Å². The molecule has 1 atom stereocenters. The summed E-state index contributed by atoms with van der Waals surface area (Å²) in [6.45, 7) is 0. The normalized spacial score (nSPS) is 31.3. The minimum Gasteiger partial charge on any atom is -0.393 e. The van der Waals surface area contributed by atoms with Crippen molar-refractivity contribution in [1.29, 1.82) is 0 Å². The number of nitrogens with one attached hydrogen (secondary N) is 1. The second-order valence-electron chi connectivity index (χ2n) is 5.61. The van der Waals surface area contributed by atoms with Crippen LogP contribution in [-0.2, 0) is 6.42 Å². The minimum atomic E-state index is -0.0620. The lowest BCUT2D eigenvalue weighted by molar-refractivity contribution is 0.114. The molecule has 2 aliphatic carbocycles. The van der Waals surface area contributed by atoms with E-state index in [4.69, 9.17) is 0 Å². The quantitative estimate of drug-likeness (QED) is 0.878. The molecule has 0 spiro atoms. The van der Waals surface area contributed by atoms with Crippen LogP contribution in [0.15, 0.2) is 22.7 Å². The molecule has 1 unspecified atom stereocenters. The molecule has 3 heteroatoms. The monoisotopic (exact) mass is 309 g/mol. The Morgan fingerprint density at radius 3 is 2.67 bits per heavy atom. The first kappa shape index (κ1) is 12.6. The third-order valence-corrected chi connectivity index (χ3v) is 4.81. The number of benzene rings is 1. The molecule has 0 aromatic heterocycles. The van der Waals surface area contributed by atoms with Crippen LogP contribution < -0.4 is 5.32 Å². The summed E-state index contributed by atoms with van der Waals surface area (Å²) in [6.07, 6.45) is 6.47. The van der Waals surface area contributed by atoms with Gasteiger partial charge in [-0.2, -0.15) is 0 Å². The highest BCUT2D eigenvalue weighted by molar-refractivity contribution is 9.10. The van der Waals surface area contributed by atoms with Gasteiger partial charge in [-0.1, -0.05) is 22.0 Å². The summed E-state index contributed by atoms with van der Waals surface area (Å²) in [7, 11) is 0. The predicted octanol–water partition coefficient (Wildman–Crippen LogP) is 3.33. The van der Waals surface area contributed by atoms with Gasteiger partial charge in [0.25, 0.3) is 0 Å². The van der Waals surface area contributed by atoms with Crippen molar-refractivity contribution in [2.24, 2.45) is 0 Å². The van der Waals surface area contributed by atoms with Crippen molar-refractivity contribution in [2.75, 3.05) is 0 Å². The highest BCUT2D eigenvalue weighted by Crippen LogP contribution is 2.34. The van der Waals surface area contributed by atoms with Gasteiger partial charge in [-0.3, -0.25) is 0 Å². The Hall–Kier alpha value is -0.380. The fourth-order valence-electron chi connectivity index (χ4n) is 3.27. The molecule has 0 radical (unpaired) electrons. The number of fused-ring (bicyclic) bond motifs is 1. The maximum atomic E-state index is 9.55. The van der Waals surface area contributed by atoms with Crippen LogP contribution in [0.1, 0.15) is 49.3 Å². The van der Waals surface area contributed by atoms with Crippen molar-refractivity contribution in [3.8, 4) is 0 Å². The first-order chi connectivity index (χ1) is 8.72. The molecule has 98 valence electrons. The molecular weight excluding hydrogens is 290 g/mol. The van der Waals surface area contributed by atoms with E-state index in [1.54, 1.807) is 0 Å². The Labute approximate surface area is 117 Å². The van der Waals surface area contributed by atoms with Gasteiger partial charge in [0.05, 0.1) is 6.10 Å². The molecule has 2 N–H and O–H groups in total. The summed E-state index contributed by atoms with van der Waals surface area (Å²) < 4.78 is 1.18. The maximum absolute atomic E-state index is 9.55. The van der Waals surface area contributed by atoms with E-state index in [2.05, 4.69) is 39.4 Å².